The fraction of sp³-hybridized carbons (Fsp3) is 0.600. The van der Waals surface area contributed by atoms with Gasteiger partial charge >= 0.3 is 0 Å². The molecule has 0 aliphatic heterocycles. The molecule has 0 amide bonds. The Morgan fingerprint density at radius 3 is 1.70 bits per heavy atom. The van der Waals surface area contributed by atoms with Gasteiger partial charge in [0.25, 0.3) is 0 Å². The van der Waals surface area contributed by atoms with Crippen LogP contribution in [0.1, 0.15) is 71.1 Å². The van der Waals surface area contributed by atoms with Crippen LogP contribution in [0.25, 0.3) is 0 Å². The van der Waals surface area contributed by atoms with Gasteiger partial charge in [0, 0.05) is 0 Å². The summed E-state index contributed by atoms with van der Waals surface area (Å²) < 4.78 is 0. The van der Waals surface area contributed by atoms with Crippen LogP contribution in [0.5, 0.6) is 0 Å². The Kier molecular flexibility index (Phi) is 6.91. The molecule has 0 heterocycles. The third-order valence-electron chi connectivity index (χ3n) is 4.47. The molecule has 0 saturated heterocycles. The maximum atomic E-state index is 2.43. The van der Waals surface area contributed by atoms with Crippen molar-refractivity contribution in [2.24, 2.45) is 5.92 Å². The molecule has 0 heteroatoms. The summed E-state index contributed by atoms with van der Waals surface area (Å²) in [5, 5.41) is 0. The van der Waals surface area contributed by atoms with Gasteiger partial charge in [0.1, 0.15) is 0 Å². The second-order valence-corrected chi connectivity index (χ2v) is 6.41. The molecule has 2 aliphatic rings. The van der Waals surface area contributed by atoms with E-state index in [0.717, 1.165) is 5.92 Å². The monoisotopic (exact) mass is 270 g/mol. The largest absolute Gasteiger partial charge is 0.0840 e. The van der Waals surface area contributed by atoms with E-state index in [1.54, 1.807) is 11.1 Å². The molecule has 0 spiro atoms. The lowest BCUT2D eigenvalue weighted by molar-refractivity contribution is 0.460. The van der Waals surface area contributed by atoms with Crippen LogP contribution in [0.4, 0.5) is 0 Å². The smallest absolute Gasteiger partial charge is 0.0282 e. The topological polar surface area (TPSA) is 0 Å². The molecule has 0 aromatic rings. The van der Waals surface area contributed by atoms with E-state index in [2.05, 4.69) is 43.4 Å². The molecule has 0 fully saturated rings. The van der Waals surface area contributed by atoms with E-state index in [1.807, 2.05) is 0 Å². The summed E-state index contributed by atoms with van der Waals surface area (Å²) in [7, 11) is 0. The van der Waals surface area contributed by atoms with Crippen molar-refractivity contribution in [3.63, 3.8) is 0 Å². The van der Waals surface area contributed by atoms with Crippen molar-refractivity contribution >= 4 is 0 Å². The number of allylic oxidation sites excluding steroid dienone is 8. The summed E-state index contributed by atoms with van der Waals surface area (Å²) in [6, 6.07) is 0. The van der Waals surface area contributed by atoms with Gasteiger partial charge in [-0.05, 0) is 57.3 Å². The molecule has 2 aliphatic carbocycles. The Morgan fingerprint density at radius 1 is 0.800 bits per heavy atom. The van der Waals surface area contributed by atoms with Gasteiger partial charge in [-0.25, -0.2) is 0 Å². The molecule has 0 aromatic heterocycles. The summed E-state index contributed by atoms with van der Waals surface area (Å²) >= 11 is 0. The van der Waals surface area contributed by atoms with E-state index in [0.29, 0.717) is 0 Å². The maximum Gasteiger partial charge on any atom is -0.0282 e. The maximum absolute atomic E-state index is 2.43. The molecule has 0 saturated carbocycles. The van der Waals surface area contributed by atoms with Crippen molar-refractivity contribution in [3.05, 3.63) is 47.6 Å². The highest BCUT2D eigenvalue weighted by atomic mass is 14.1. The van der Waals surface area contributed by atoms with Crippen molar-refractivity contribution < 1.29 is 0 Å². The van der Waals surface area contributed by atoms with E-state index >= 15 is 0 Å². The van der Waals surface area contributed by atoms with Crippen molar-refractivity contribution in [2.75, 3.05) is 0 Å². The van der Waals surface area contributed by atoms with Crippen LogP contribution in [0.2, 0.25) is 0 Å². The van der Waals surface area contributed by atoms with Gasteiger partial charge in [0.2, 0.25) is 0 Å². The lowest BCUT2D eigenvalue weighted by atomic mass is 9.93. The van der Waals surface area contributed by atoms with Crippen molar-refractivity contribution in [2.45, 2.75) is 71.1 Å². The van der Waals surface area contributed by atoms with Crippen LogP contribution in [-0.4, -0.2) is 0 Å². The molecular formula is C20H30. The molecule has 0 bridgehead atoms. The van der Waals surface area contributed by atoms with Crippen LogP contribution in [0.15, 0.2) is 47.6 Å². The zero-order chi connectivity index (χ0) is 14.0. The molecule has 0 N–H and O–H groups in total. The SMILES string of the molecule is CC(CCCC1=CCCC=C1)CCCC1=CCCC=C1. The summed E-state index contributed by atoms with van der Waals surface area (Å²) in [6.07, 6.45) is 27.2. The van der Waals surface area contributed by atoms with Gasteiger partial charge in [0.05, 0.1) is 0 Å². The quantitative estimate of drug-likeness (QED) is 0.471. The highest BCUT2D eigenvalue weighted by Gasteiger charge is 2.05. The first kappa shape index (κ1) is 15.4. The van der Waals surface area contributed by atoms with Gasteiger partial charge in [-0.15, -0.1) is 0 Å². The number of hydrogen-bond acceptors (Lipinski definition) is 0. The van der Waals surface area contributed by atoms with Crippen LogP contribution in [0, 0.1) is 5.92 Å². The molecule has 0 radical (unpaired) electrons. The molecule has 110 valence electrons. The van der Waals surface area contributed by atoms with Gasteiger partial charge in [-0.3, -0.25) is 0 Å². The van der Waals surface area contributed by atoms with E-state index in [9.17, 15) is 0 Å². The molecular weight excluding hydrogens is 240 g/mol. The molecule has 0 aromatic carbocycles. The van der Waals surface area contributed by atoms with Crippen LogP contribution < -0.4 is 0 Å². The van der Waals surface area contributed by atoms with E-state index in [4.69, 9.17) is 0 Å². The standard InChI is InChI=1S/C20H30/c1-18(10-8-16-19-12-4-2-5-13-19)11-9-17-20-14-6-3-7-15-20/h4,6,12-15,18H,2-3,5,7-11,16-17H2,1H3. The van der Waals surface area contributed by atoms with Crippen molar-refractivity contribution in [1.29, 1.82) is 0 Å². The summed E-state index contributed by atoms with van der Waals surface area (Å²) in [6.45, 7) is 2.43. The average molecular weight is 270 g/mol. The second kappa shape index (κ2) is 9.00. The molecule has 0 atom stereocenters. The minimum absolute atomic E-state index is 0.886. The number of hydrogen-bond donors (Lipinski definition) is 0. The van der Waals surface area contributed by atoms with Crippen LogP contribution in [0.3, 0.4) is 0 Å². The van der Waals surface area contributed by atoms with Crippen molar-refractivity contribution in [1.82, 2.24) is 0 Å². The first-order valence-corrected chi connectivity index (χ1v) is 8.56. The Bertz CT molecular complexity index is 354. The lowest BCUT2D eigenvalue weighted by Gasteiger charge is -2.13. The van der Waals surface area contributed by atoms with Gasteiger partial charge < -0.3 is 0 Å². The Balaban J connectivity index is 1.53. The predicted octanol–water partition coefficient (Wildman–Crippen LogP) is 6.52. The molecule has 0 nitrogen and oxygen atoms in total. The summed E-state index contributed by atoms with van der Waals surface area (Å²) in [5.74, 6) is 0.886. The fourth-order valence-electron chi connectivity index (χ4n) is 3.16. The highest BCUT2D eigenvalue weighted by molar-refractivity contribution is 5.22. The number of rotatable bonds is 8. The first-order valence-electron chi connectivity index (χ1n) is 8.56. The van der Waals surface area contributed by atoms with Crippen LogP contribution in [-0.2, 0) is 0 Å². The van der Waals surface area contributed by atoms with Crippen LogP contribution >= 0.6 is 0 Å². The predicted molar refractivity (Wildman–Crippen MR) is 89.8 cm³/mol. The average Bonchev–Trinajstić information content (AvgIpc) is 2.49. The normalized spacial score (nSPS) is 18.3. The van der Waals surface area contributed by atoms with Gasteiger partial charge in [-0.1, -0.05) is 67.4 Å². The summed E-state index contributed by atoms with van der Waals surface area (Å²) in [5.41, 5.74) is 3.14. The Hall–Kier alpha value is -1.04. The minimum Gasteiger partial charge on any atom is -0.0840 e. The second-order valence-electron chi connectivity index (χ2n) is 6.41. The minimum atomic E-state index is 0.886. The first-order chi connectivity index (χ1) is 9.84. The zero-order valence-electron chi connectivity index (χ0n) is 13.1. The Labute approximate surface area is 125 Å². The Morgan fingerprint density at radius 2 is 1.30 bits per heavy atom. The third-order valence-corrected chi connectivity index (χ3v) is 4.47. The molecule has 20 heavy (non-hydrogen) atoms. The van der Waals surface area contributed by atoms with E-state index in [-0.39, 0.29) is 0 Å². The molecule has 0 unspecified atom stereocenters. The summed E-state index contributed by atoms with van der Waals surface area (Å²) in [4.78, 5) is 0. The van der Waals surface area contributed by atoms with E-state index < -0.39 is 0 Å². The lowest BCUT2D eigenvalue weighted by Crippen LogP contribution is -1.97. The van der Waals surface area contributed by atoms with E-state index in [1.165, 1.54) is 64.2 Å². The van der Waals surface area contributed by atoms with Crippen molar-refractivity contribution in [3.8, 4) is 0 Å². The van der Waals surface area contributed by atoms with Gasteiger partial charge in [0.15, 0.2) is 0 Å². The molecule has 2 rings (SSSR count). The fourth-order valence-corrected chi connectivity index (χ4v) is 3.16. The third kappa shape index (κ3) is 5.94. The van der Waals surface area contributed by atoms with Gasteiger partial charge in [-0.2, -0.15) is 0 Å². The highest BCUT2D eigenvalue weighted by Crippen LogP contribution is 2.22. The zero-order valence-corrected chi connectivity index (χ0v) is 13.1.